The summed E-state index contributed by atoms with van der Waals surface area (Å²) >= 11 is 0. The molecule has 0 bridgehead atoms. The summed E-state index contributed by atoms with van der Waals surface area (Å²) in [6.45, 7) is 3.05. The first-order valence-electron chi connectivity index (χ1n) is 8.62. The van der Waals surface area contributed by atoms with Crippen LogP contribution in [0.1, 0.15) is 18.2 Å². The molecule has 3 aromatic rings. The van der Waals surface area contributed by atoms with Gasteiger partial charge in [-0.3, -0.25) is 9.59 Å². The fourth-order valence-electron chi connectivity index (χ4n) is 2.86. The lowest BCUT2D eigenvalue weighted by Gasteiger charge is -2.10. The van der Waals surface area contributed by atoms with E-state index in [1.54, 1.807) is 18.2 Å². The van der Waals surface area contributed by atoms with E-state index >= 15 is 0 Å². The number of rotatable bonds is 7. The number of carbonyl (C=O) groups excluding carboxylic acids is 1. The number of carbonyl (C=O) groups is 1. The van der Waals surface area contributed by atoms with Gasteiger partial charge in [0.2, 0.25) is 5.91 Å². The highest BCUT2D eigenvalue weighted by atomic mass is 16.5. The average molecular weight is 351 g/mol. The molecule has 0 atom stereocenters. The SMILES string of the molecule is CCOc1ccccc1CCNC(=O)Cc1n[nH]c(=O)c2ccccc12. The van der Waals surface area contributed by atoms with Gasteiger partial charge in [-0.2, -0.15) is 5.10 Å². The minimum Gasteiger partial charge on any atom is -0.494 e. The van der Waals surface area contributed by atoms with Gasteiger partial charge >= 0.3 is 0 Å². The molecule has 0 aliphatic carbocycles. The lowest BCUT2D eigenvalue weighted by molar-refractivity contribution is -0.120. The summed E-state index contributed by atoms with van der Waals surface area (Å²) in [6.07, 6.45) is 0.798. The second-order valence-electron chi connectivity index (χ2n) is 5.86. The Hall–Kier alpha value is -3.15. The number of nitrogens with one attached hydrogen (secondary N) is 2. The molecule has 0 saturated carbocycles. The van der Waals surface area contributed by atoms with Crippen molar-refractivity contribution < 1.29 is 9.53 Å². The topological polar surface area (TPSA) is 84.1 Å². The molecule has 0 aliphatic heterocycles. The number of nitrogens with zero attached hydrogens (tertiary/aromatic N) is 1. The first-order chi connectivity index (χ1) is 12.7. The predicted molar refractivity (Wildman–Crippen MR) is 100 cm³/mol. The molecule has 1 amide bonds. The fraction of sp³-hybridized carbons (Fsp3) is 0.250. The molecule has 0 saturated heterocycles. The first-order valence-corrected chi connectivity index (χ1v) is 8.62. The summed E-state index contributed by atoms with van der Waals surface area (Å²) in [5.41, 5.74) is 1.37. The summed E-state index contributed by atoms with van der Waals surface area (Å²) in [5.74, 6) is 0.709. The van der Waals surface area contributed by atoms with Gasteiger partial charge in [0.1, 0.15) is 5.75 Å². The summed E-state index contributed by atoms with van der Waals surface area (Å²) in [5, 5.41) is 10.6. The minimum absolute atomic E-state index is 0.115. The number of aromatic amines is 1. The Bertz CT molecular complexity index is 966. The summed E-state index contributed by atoms with van der Waals surface area (Å²) in [7, 11) is 0. The first kappa shape index (κ1) is 17.7. The largest absolute Gasteiger partial charge is 0.494 e. The molecule has 2 aromatic carbocycles. The molecule has 26 heavy (non-hydrogen) atoms. The number of ether oxygens (including phenoxy) is 1. The van der Waals surface area contributed by atoms with E-state index in [9.17, 15) is 9.59 Å². The fourth-order valence-corrected chi connectivity index (χ4v) is 2.86. The molecule has 2 N–H and O–H groups in total. The van der Waals surface area contributed by atoms with E-state index in [0.29, 0.717) is 36.0 Å². The Labute approximate surface area is 151 Å². The number of hydrogen-bond donors (Lipinski definition) is 2. The second-order valence-corrected chi connectivity index (χ2v) is 5.86. The zero-order valence-corrected chi connectivity index (χ0v) is 14.6. The van der Waals surface area contributed by atoms with Crippen LogP contribution in [0.15, 0.2) is 53.3 Å². The molecule has 6 nitrogen and oxygen atoms in total. The molecule has 1 aromatic heterocycles. The zero-order chi connectivity index (χ0) is 18.4. The van der Waals surface area contributed by atoms with Gasteiger partial charge in [0.05, 0.1) is 24.1 Å². The van der Waals surface area contributed by atoms with Crippen molar-refractivity contribution in [1.29, 1.82) is 0 Å². The maximum absolute atomic E-state index is 12.3. The second kappa shape index (κ2) is 8.29. The number of benzene rings is 2. The van der Waals surface area contributed by atoms with Crippen LogP contribution in [0.25, 0.3) is 10.8 Å². The van der Waals surface area contributed by atoms with Crippen LogP contribution >= 0.6 is 0 Å². The number of para-hydroxylation sites is 1. The number of hydrogen-bond acceptors (Lipinski definition) is 4. The van der Waals surface area contributed by atoms with E-state index < -0.39 is 0 Å². The van der Waals surface area contributed by atoms with Gasteiger partial charge in [0, 0.05) is 11.9 Å². The third kappa shape index (κ3) is 4.08. The average Bonchev–Trinajstić information content (AvgIpc) is 2.66. The third-order valence-electron chi connectivity index (χ3n) is 4.09. The van der Waals surface area contributed by atoms with Crippen LogP contribution in [-0.2, 0) is 17.6 Å². The Morgan fingerprint density at radius 1 is 1.12 bits per heavy atom. The van der Waals surface area contributed by atoms with E-state index in [0.717, 1.165) is 11.3 Å². The Balaban J connectivity index is 1.62. The van der Waals surface area contributed by atoms with Gasteiger partial charge < -0.3 is 10.1 Å². The molecule has 0 aliphatic rings. The molecular formula is C20H21N3O3. The van der Waals surface area contributed by atoms with Crippen molar-refractivity contribution in [3.8, 4) is 5.75 Å². The van der Waals surface area contributed by atoms with Gasteiger partial charge in [-0.1, -0.05) is 36.4 Å². The van der Waals surface area contributed by atoms with Crippen molar-refractivity contribution in [3.05, 3.63) is 70.1 Å². The smallest absolute Gasteiger partial charge is 0.272 e. The number of fused-ring (bicyclic) bond motifs is 1. The summed E-state index contributed by atoms with van der Waals surface area (Å²) < 4.78 is 5.59. The highest BCUT2D eigenvalue weighted by Gasteiger charge is 2.11. The third-order valence-corrected chi connectivity index (χ3v) is 4.09. The Morgan fingerprint density at radius 3 is 2.65 bits per heavy atom. The van der Waals surface area contributed by atoms with Crippen LogP contribution in [0.3, 0.4) is 0 Å². The van der Waals surface area contributed by atoms with Crippen LogP contribution < -0.4 is 15.6 Å². The number of H-pyrrole nitrogens is 1. The zero-order valence-electron chi connectivity index (χ0n) is 14.6. The van der Waals surface area contributed by atoms with E-state index in [1.165, 1.54) is 0 Å². The van der Waals surface area contributed by atoms with Crippen LogP contribution in [0.2, 0.25) is 0 Å². The molecular weight excluding hydrogens is 330 g/mol. The van der Waals surface area contributed by atoms with Crippen molar-refractivity contribution in [1.82, 2.24) is 15.5 Å². The van der Waals surface area contributed by atoms with Crippen molar-refractivity contribution >= 4 is 16.7 Å². The van der Waals surface area contributed by atoms with E-state index in [1.807, 2.05) is 37.3 Å². The van der Waals surface area contributed by atoms with Crippen molar-refractivity contribution in [3.63, 3.8) is 0 Å². The number of aromatic nitrogens is 2. The van der Waals surface area contributed by atoms with Gasteiger partial charge in [-0.05, 0) is 31.0 Å². The molecule has 1 heterocycles. The summed E-state index contributed by atoms with van der Waals surface area (Å²) in [4.78, 5) is 24.1. The number of amides is 1. The van der Waals surface area contributed by atoms with Crippen molar-refractivity contribution in [2.45, 2.75) is 19.8 Å². The summed E-state index contributed by atoms with van der Waals surface area (Å²) in [6, 6.07) is 15.0. The van der Waals surface area contributed by atoms with Crippen molar-refractivity contribution in [2.24, 2.45) is 0 Å². The Kier molecular flexibility index (Phi) is 5.63. The van der Waals surface area contributed by atoms with Crippen molar-refractivity contribution in [2.75, 3.05) is 13.2 Å². The monoisotopic (exact) mass is 351 g/mol. The normalized spacial score (nSPS) is 10.7. The highest BCUT2D eigenvalue weighted by Crippen LogP contribution is 2.18. The van der Waals surface area contributed by atoms with E-state index in [4.69, 9.17) is 4.74 Å². The lowest BCUT2D eigenvalue weighted by Crippen LogP contribution is -2.28. The molecule has 0 spiro atoms. The maximum atomic E-state index is 12.3. The molecule has 0 unspecified atom stereocenters. The van der Waals surface area contributed by atoms with E-state index in [2.05, 4.69) is 15.5 Å². The predicted octanol–water partition coefficient (Wildman–Crippen LogP) is 2.22. The Morgan fingerprint density at radius 2 is 1.85 bits per heavy atom. The van der Waals surface area contributed by atoms with Gasteiger partial charge in [0.15, 0.2) is 0 Å². The van der Waals surface area contributed by atoms with Gasteiger partial charge in [-0.25, -0.2) is 5.10 Å². The molecule has 0 radical (unpaired) electrons. The molecule has 134 valence electrons. The van der Waals surface area contributed by atoms with E-state index in [-0.39, 0.29) is 17.9 Å². The van der Waals surface area contributed by atoms with Gasteiger partial charge in [-0.15, -0.1) is 0 Å². The molecule has 3 rings (SSSR count). The quantitative estimate of drug-likeness (QED) is 0.684. The highest BCUT2D eigenvalue weighted by molar-refractivity contribution is 5.88. The lowest BCUT2D eigenvalue weighted by atomic mass is 10.1. The van der Waals surface area contributed by atoms with Crippen LogP contribution in [-0.4, -0.2) is 29.3 Å². The van der Waals surface area contributed by atoms with Crippen LogP contribution in [0.5, 0.6) is 5.75 Å². The standard InChI is InChI=1S/C20H21N3O3/c1-2-26-18-10-6-3-7-14(18)11-12-21-19(24)13-17-15-8-4-5-9-16(15)20(25)23-22-17/h3-10H,2,11-13H2,1H3,(H,21,24)(H,23,25). The minimum atomic E-state index is -0.253. The van der Waals surface area contributed by atoms with Crippen LogP contribution in [0.4, 0.5) is 0 Å². The molecule has 6 heteroatoms. The molecule has 0 fully saturated rings. The maximum Gasteiger partial charge on any atom is 0.272 e. The van der Waals surface area contributed by atoms with Gasteiger partial charge in [0.25, 0.3) is 5.56 Å². The van der Waals surface area contributed by atoms with Crippen LogP contribution in [0, 0.1) is 0 Å².